The Hall–Kier alpha value is -1.64. The average Bonchev–Trinajstić information content (AvgIpc) is 2.22. The van der Waals surface area contributed by atoms with Crippen molar-refractivity contribution in [2.45, 2.75) is 12.8 Å². The van der Waals surface area contributed by atoms with Gasteiger partial charge in [0.1, 0.15) is 5.69 Å². The number of ketones is 1. The zero-order chi connectivity index (χ0) is 10.8. The van der Waals surface area contributed by atoms with Crippen LogP contribution in [0.25, 0.3) is 0 Å². The third-order valence-corrected chi connectivity index (χ3v) is 2.48. The van der Waals surface area contributed by atoms with E-state index < -0.39 is 0 Å². The Labute approximate surface area is 89.4 Å². The molecule has 0 saturated carbocycles. The van der Waals surface area contributed by atoms with Crippen molar-refractivity contribution in [3.05, 3.63) is 41.4 Å². The van der Waals surface area contributed by atoms with E-state index in [0.717, 1.165) is 24.0 Å². The first-order valence-electron chi connectivity index (χ1n) is 5.04. The zero-order valence-electron chi connectivity index (χ0n) is 9.03. The van der Waals surface area contributed by atoms with Gasteiger partial charge in [0.05, 0.1) is 0 Å². The van der Waals surface area contributed by atoms with Crippen LogP contribution in [0.1, 0.15) is 22.5 Å². The van der Waals surface area contributed by atoms with Crippen molar-refractivity contribution in [3.8, 4) is 0 Å². The van der Waals surface area contributed by atoms with Crippen molar-refractivity contribution in [1.82, 2.24) is 9.88 Å². The molecule has 0 amide bonds. The highest BCUT2D eigenvalue weighted by Crippen LogP contribution is 2.23. The van der Waals surface area contributed by atoms with E-state index in [-0.39, 0.29) is 5.78 Å². The van der Waals surface area contributed by atoms with Gasteiger partial charge >= 0.3 is 0 Å². The second kappa shape index (κ2) is 3.85. The molecule has 15 heavy (non-hydrogen) atoms. The number of carbonyl (C=O) groups is 1. The molecule has 0 atom stereocenters. The van der Waals surface area contributed by atoms with Gasteiger partial charge in [-0.05, 0) is 24.5 Å². The number of Topliss-reactive ketones (excluding diaryl/α,β-unsaturated/α-hetero) is 1. The molecule has 0 radical (unpaired) electrons. The molecule has 1 aromatic heterocycles. The first-order valence-corrected chi connectivity index (χ1v) is 5.04. The molecule has 2 rings (SSSR count). The quantitative estimate of drug-likeness (QED) is 0.649. The lowest BCUT2D eigenvalue weighted by atomic mass is 9.91. The lowest BCUT2D eigenvalue weighted by Gasteiger charge is -2.17. The summed E-state index contributed by atoms with van der Waals surface area (Å²) in [6.07, 6.45) is 5.29. The van der Waals surface area contributed by atoms with Gasteiger partial charge in [0, 0.05) is 32.1 Å². The Kier molecular flexibility index (Phi) is 2.54. The molecule has 3 heteroatoms. The number of allylic oxidation sites excluding steroid dienone is 1. The molecule has 1 aliphatic rings. The van der Waals surface area contributed by atoms with Gasteiger partial charge in [-0.1, -0.05) is 6.07 Å². The molecule has 0 saturated heterocycles. The summed E-state index contributed by atoms with van der Waals surface area (Å²) in [6.45, 7) is 0. The number of aromatic nitrogens is 1. The fourth-order valence-corrected chi connectivity index (χ4v) is 1.81. The fourth-order valence-electron chi connectivity index (χ4n) is 1.81. The largest absolute Gasteiger partial charge is 0.383 e. The van der Waals surface area contributed by atoms with Gasteiger partial charge in [-0.25, -0.2) is 0 Å². The normalized spacial score (nSPS) is 17.7. The van der Waals surface area contributed by atoms with Gasteiger partial charge < -0.3 is 4.90 Å². The van der Waals surface area contributed by atoms with E-state index in [1.807, 2.05) is 37.3 Å². The first kappa shape index (κ1) is 9.90. The van der Waals surface area contributed by atoms with Crippen LogP contribution in [-0.2, 0) is 6.42 Å². The number of hydrogen-bond donors (Lipinski definition) is 0. The summed E-state index contributed by atoms with van der Waals surface area (Å²) in [6, 6.07) is 3.86. The van der Waals surface area contributed by atoms with Crippen LogP contribution < -0.4 is 0 Å². The number of aryl methyl sites for hydroxylation is 1. The van der Waals surface area contributed by atoms with E-state index in [4.69, 9.17) is 0 Å². The van der Waals surface area contributed by atoms with Crippen LogP contribution >= 0.6 is 0 Å². The number of nitrogens with zero attached hydrogens (tertiary/aromatic N) is 2. The zero-order valence-corrected chi connectivity index (χ0v) is 9.03. The highest BCUT2D eigenvalue weighted by molar-refractivity contribution is 6.09. The lowest BCUT2D eigenvalue weighted by molar-refractivity contribution is 0.101. The SMILES string of the molecule is CN(C)/C=C1\CCc2cccnc2C1=O. The van der Waals surface area contributed by atoms with Gasteiger partial charge in [0.15, 0.2) is 0 Å². The summed E-state index contributed by atoms with van der Waals surface area (Å²) in [4.78, 5) is 18.0. The molecule has 0 N–H and O–H groups in total. The Morgan fingerprint density at radius 2 is 2.20 bits per heavy atom. The third kappa shape index (κ3) is 1.91. The number of fused-ring (bicyclic) bond motifs is 1. The van der Waals surface area contributed by atoms with Crippen LogP contribution in [0.15, 0.2) is 30.1 Å². The molecular weight excluding hydrogens is 188 g/mol. The summed E-state index contributed by atoms with van der Waals surface area (Å²) >= 11 is 0. The minimum Gasteiger partial charge on any atom is -0.383 e. The molecule has 0 aromatic carbocycles. The predicted molar refractivity (Wildman–Crippen MR) is 58.7 cm³/mol. The van der Waals surface area contributed by atoms with E-state index in [1.54, 1.807) is 6.20 Å². The highest BCUT2D eigenvalue weighted by atomic mass is 16.1. The standard InChI is InChI=1S/C12H14N2O/c1-14(2)8-10-6-5-9-4-3-7-13-11(9)12(10)15/h3-4,7-8H,5-6H2,1-2H3/b10-8+. The van der Waals surface area contributed by atoms with Crippen molar-refractivity contribution in [1.29, 1.82) is 0 Å². The van der Waals surface area contributed by atoms with Gasteiger partial charge in [0.25, 0.3) is 0 Å². The predicted octanol–water partition coefficient (Wildman–Crippen LogP) is 1.66. The van der Waals surface area contributed by atoms with Gasteiger partial charge in [-0.15, -0.1) is 0 Å². The van der Waals surface area contributed by atoms with E-state index >= 15 is 0 Å². The molecule has 1 heterocycles. The number of rotatable bonds is 1. The average molecular weight is 202 g/mol. The first-order chi connectivity index (χ1) is 7.18. The number of carbonyl (C=O) groups excluding carboxylic acids is 1. The maximum atomic E-state index is 12.0. The van der Waals surface area contributed by atoms with Crippen molar-refractivity contribution in [2.24, 2.45) is 0 Å². The third-order valence-electron chi connectivity index (χ3n) is 2.48. The maximum Gasteiger partial charge on any atom is 0.209 e. The molecule has 0 spiro atoms. The molecule has 0 unspecified atom stereocenters. The summed E-state index contributed by atoms with van der Waals surface area (Å²) in [7, 11) is 3.85. The fraction of sp³-hybridized carbons (Fsp3) is 0.333. The van der Waals surface area contributed by atoms with E-state index in [2.05, 4.69) is 4.98 Å². The van der Waals surface area contributed by atoms with E-state index in [9.17, 15) is 4.79 Å². The number of pyridine rings is 1. The van der Waals surface area contributed by atoms with Crippen molar-refractivity contribution >= 4 is 5.78 Å². The van der Waals surface area contributed by atoms with Crippen LogP contribution in [0.4, 0.5) is 0 Å². The Bertz CT molecular complexity index is 421. The maximum absolute atomic E-state index is 12.0. The van der Waals surface area contributed by atoms with Gasteiger partial charge in [0.2, 0.25) is 5.78 Å². The van der Waals surface area contributed by atoms with Crippen LogP contribution in [0.2, 0.25) is 0 Å². The Morgan fingerprint density at radius 3 is 2.93 bits per heavy atom. The summed E-state index contributed by atoms with van der Waals surface area (Å²) in [5.74, 6) is 0.0746. The minimum absolute atomic E-state index is 0.0746. The highest BCUT2D eigenvalue weighted by Gasteiger charge is 2.22. The second-order valence-electron chi connectivity index (χ2n) is 3.96. The molecule has 78 valence electrons. The summed E-state index contributed by atoms with van der Waals surface area (Å²) in [5.41, 5.74) is 2.54. The number of hydrogen-bond acceptors (Lipinski definition) is 3. The van der Waals surface area contributed by atoms with Crippen LogP contribution in [-0.4, -0.2) is 29.8 Å². The van der Waals surface area contributed by atoms with Crippen molar-refractivity contribution < 1.29 is 4.79 Å². The van der Waals surface area contributed by atoms with Crippen LogP contribution in [0, 0.1) is 0 Å². The van der Waals surface area contributed by atoms with Gasteiger partial charge in [-0.2, -0.15) is 0 Å². The molecular formula is C12H14N2O. The van der Waals surface area contributed by atoms with E-state index in [0.29, 0.717) is 5.69 Å². The molecule has 0 bridgehead atoms. The second-order valence-corrected chi connectivity index (χ2v) is 3.96. The Morgan fingerprint density at radius 1 is 1.40 bits per heavy atom. The lowest BCUT2D eigenvalue weighted by Crippen LogP contribution is -2.18. The Balaban J connectivity index is 2.38. The molecule has 0 aliphatic heterocycles. The molecule has 1 aliphatic carbocycles. The minimum atomic E-state index is 0.0746. The summed E-state index contributed by atoms with van der Waals surface area (Å²) in [5, 5.41) is 0. The van der Waals surface area contributed by atoms with Crippen molar-refractivity contribution in [2.75, 3.05) is 14.1 Å². The molecule has 0 fully saturated rings. The van der Waals surface area contributed by atoms with Crippen molar-refractivity contribution in [3.63, 3.8) is 0 Å². The van der Waals surface area contributed by atoms with Gasteiger partial charge in [-0.3, -0.25) is 9.78 Å². The monoisotopic (exact) mass is 202 g/mol. The topological polar surface area (TPSA) is 33.2 Å². The summed E-state index contributed by atoms with van der Waals surface area (Å²) < 4.78 is 0. The molecule has 1 aromatic rings. The molecule has 3 nitrogen and oxygen atoms in total. The van der Waals surface area contributed by atoms with Crippen LogP contribution in [0.3, 0.4) is 0 Å². The smallest absolute Gasteiger partial charge is 0.209 e. The van der Waals surface area contributed by atoms with Crippen LogP contribution in [0.5, 0.6) is 0 Å². The van der Waals surface area contributed by atoms with E-state index in [1.165, 1.54) is 0 Å².